The lowest BCUT2D eigenvalue weighted by molar-refractivity contribution is 0.339. The van der Waals surface area contributed by atoms with Crippen LogP contribution >= 0.6 is 0 Å². The molecule has 2 nitrogen and oxygen atoms in total. The quantitative estimate of drug-likeness (QED) is 0.599. The third-order valence-corrected chi connectivity index (χ3v) is 3.28. The Kier molecular flexibility index (Phi) is 9.01. The highest BCUT2D eigenvalue weighted by atomic mass is 16.5. The lowest BCUT2D eigenvalue weighted by atomic mass is 10.00. The highest BCUT2D eigenvalue weighted by Crippen LogP contribution is 2.29. The summed E-state index contributed by atoms with van der Waals surface area (Å²) in [5, 5.41) is 0. The van der Waals surface area contributed by atoms with E-state index in [1.165, 1.54) is 11.1 Å². The maximum atomic E-state index is 5.78. The third-order valence-electron chi connectivity index (χ3n) is 3.28. The highest BCUT2D eigenvalue weighted by molar-refractivity contribution is 5.71. The van der Waals surface area contributed by atoms with Gasteiger partial charge in [-0.25, -0.2) is 0 Å². The molecule has 0 heterocycles. The molecule has 120 valence electrons. The van der Waals surface area contributed by atoms with Crippen molar-refractivity contribution in [3.63, 3.8) is 0 Å². The Hall–Kier alpha value is -1.80. The Balaban J connectivity index is 2.97. The van der Waals surface area contributed by atoms with Gasteiger partial charge in [-0.05, 0) is 52.4 Å². The number of hydrogen-bond acceptors (Lipinski definition) is 2. The Bertz CT molecular complexity index is 512. The van der Waals surface area contributed by atoms with E-state index in [-0.39, 0.29) is 0 Å². The molecule has 0 bridgehead atoms. The molecule has 0 saturated heterocycles. The topological polar surface area (TPSA) is 12.5 Å². The number of para-hydroxylation sites is 1. The summed E-state index contributed by atoms with van der Waals surface area (Å²) in [4.78, 5) is 2.21. The van der Waals surface area contributed by atoms with Crippen molar-refractivity contribution in [3.05, 3.63) is 60.2 Å². The molecular weight excluding hydrogens is 270 g/mol. The van der Waals surface area contributed by atoms with Gasteiger partial charge < -0.3 is 9.64 Å². The summed E-state index contributed by atoms with van der Waals surface area (Å²) >= 11 is 0. The maximum Gasteiger partial charge on any atom is 0.126 e. The van der Waals surface area contributed by atoms with Gasteiger partial charge >= 0.3 is 0 Å². The van der Waals surface area contributed by atoms with E-state index >= 15 is 0 Å². The second-order valence-corrected chi connectivity index (χ2v) is 5.41. The molecule has 0 fully saturated rings. The zero-order chi connectivity index (χ0) is 16.2. The van der Waals surface area contributed by atoms with Crippen LogP contribution in [0.2, 0.25) is 0 Å². The molecule has 0 amide bonds. The third kappa shape index (κ3) is 6.77. The highest BCUT2D eigenvalue weighted by Gasteiger charge is 2.07. The summed E-state index contributed by atoms with van der Waals surface area (Å²) in [5.41, 5.74) is 2.53. The van der Waals surface area contributed by atoms with E-state index in [4.69, 9.17) is 4.74 Å². The molecule has 0 saturated carbocycles. The average molecular weight is 299 g/mol. The minimum absolute atomic E-state index is 0.691. The van der Waals surface area contributed by atoms with Crippen molar-refractivity contribution in [1.29, 1.82) is 0 Å². The standard InChI is InChI=1S/C20H29NO/c1-5-7-8-9-13-18(14-12-17-21(3)4)19-15-10-11-16-20(19)22-6-2/h5,7-11,14-16H,6,12-13,17H2,1-4H3/b7-5-,9-8-,18-14+. The number of ether oxygens (including phenoxy) is 1. The zero-order valence-corrected chi connectivity index (χ0v) is 14.4. The number of rotatable bonds is 9. The molecule has 1 aromatic carbocycles. The Morgan fingerprint density at radius 2 is 1.95 bits per heavy atom. The van der Waals surface area contributed by atoms with Crippen molar-refractivity contribution in [3.8, 4) is 5.75 Å². The van der Waals surface area contributed by atoms with Gasteiger partial charge in [0, 0.05) is 12.1 Å². The molecular formula is C20H29NO. The first-order valence-corrected chi connectivity index (χ1v) is 8.02. The predicted molar refractivity (Wildman–Crippen MR) is 97.3 cm³/mol. The Morgan fingerprint density at radius 1 is 1.18 bits per heavy atom. The van der Waals surface area contributed by atoms with E-state index in [0.29, 0.717) is 6.61 Å². The fourth-order valence-corrected chi connectivity index (χ4v) is 2.20. The molecule has 0 N–H and O–H groups in total. The molecule has 0 unspecified atom stereocenters. The monoisotopic (exact) mass is 299 g/mol. The number of nitrogens with zero attached hydrogens (tertiary/aromatic N) is 1. The van der Waals surface area contributed by atoms with Crippen molar-refractivity contribution in [1.82, 2.24) is 4.90 Å². The molecule has 0 atom stereocenters. The first-order valence-electron chi connectivity index (χ1n) is 8.02. The smallest absolute Gasteiger partial charge is 0.126 e. The van der Waals surface area contributed by atoms with Crippen molar-refractivity contribution in [2.45, 2.75) is 26.7 Å². The summed E-state index contributed by atoms with van der Waals surface area (Å²) in [6.07, 6.45) is 12.7. The SMILES string of the molecule is C/C=C\C=C/C/C(=C\CCN(C)C)c1ccccc1OCC. The van der Waals surface area contributed by atoms with Crippen molar-refractivity contribution in [2.24, 2.45) is 0 Å². The van der Waals surface area contributed by atoms with Gasteiger partial charge in [-0.1, -0.05) is 48.6 Å². The van der Waals surface area contributed by atoms with E-state index in [2.05, 4.69) is 55.4 Å². The van der Waals surface area contributed by atoms with E-state index in [1.807, 2.05) is 32.1 Å². The van der Waals surface area contributed by atoms with E-state index in [0.717, 1.165) is 25.1 Å². The first kappa shape index (κ1) is 18.2. The maximum absolute atomic E-state index is 5.78. The van der Waals surface area contributed by atoms with Gasteiger partial charge in [-0.2, -0.15) is 0 Å². The minimum atomic E-state index is 0.691. The number of benzene rings is 1. The van der Waals surface area contributed by atoms with Crippen LogP contribution in [0.1, 0.15) is 32.3 Å². The fraction of sp³-hybridized carbons (Fsp3) is 0.400. The van der Waals surface area contributed by atoms with Gasteiger partial charge in [0.25, 0.3) is 0 Å². The lowest BCUT2D eigenvalue weighted by Gasteiger charge is -2.13. The predicted octanol–water partition coefficient (Wildman–Crippen LogP) is 4.94. The molecule has 0 aliphatic rings. The Morgan fingerprint density at radius 3 is 2.64 bits per heavy atom. The summed E-state index contributed by atoms with van der Waals surface area (Å²) in [7, 11) is 4.21. The molecule has 1 aromatic rings. The molecule has 2 heteroatoms. The van der Waals surface area contributed by atoms with Crippen LogP contribution < -0.4 is 4.74 Å². The fourth-order valence-electron chi connectivity index (χ4n) is 2.20. The molecule has 0 aliphatic carbocycles. The van der Waals surface area contributed by atoms with Crippen molar-refractivity contribution in [2.75, 3.05) is 27.2 Å². The van der Waals surface area contributed by atoms with Crippen LogP contribution in [0.4, 0.5) is 0 Å². The van der Waals surface area contributed by atoms with Crippen LogP contribution in [0, 0.1) is 0 Å². The second kappa shape index (κ2) is 10.9. The molecule has 0 spiro atoms. The minimum Gasteiger partial charge on any atom is -0.493 e. The van der Waals surface area contributed by atoms with Crippen LogP contribution in [-0.2, 0) is 0 Å². The van der Waals surface area contributed by atoms with E-state index < -0.39 is 0 Å². The van der Waals surface area contributed by atoms with Gasteiger partial charge in [0.1, 0.15) is 5.75 Å². The van der Waals surface area contributed by atoms with Gasteiger partial charge in [-0.3, -0.25) is 0 Å². The average Bonchev–Trinajstić information content (AvgIpc) is 2.50. The summed E-state index contributed by atoms with van der Waals surface area (Å²) in [6.45, 7) is 5.80. The van der Waals surface area contributed by atoms with E-state index in [1.54, 1.807) is 0 Å². The summed E-state index contributed by atoms with van der Waals surface area (Å²) < 4.78 is 5.78. The van der Waals surface area contributed by atoms with Gasteiger partial charge in [0.15, 0.2) is 0 Å². The summed E-state index contributed by atoms with van der Waals surface area (Å²) in [5.74, 6) is 0.973. The largest absolute Gasteiger partial charge is 0.493 e. The summed E-state index contributed by atoms with van der Waals surface area (Å²) in [6, 6.07) is 8.30. The van der Waals surface area contributed by atoms with Crippen LogP contribution in [0.15, 0.2) is 54.6 Å². The Labute approximate surface area is 135 Å². The molecule has 0 aliphatic heterocycles. The number of hydrogen-bond donors (Lipinski definition) is 0. The molecule has 1 rings (SSSR count). The molecule has 0 aromatic heterocycles. The van der Waals surface area contributed by atoms with Crippen LogP contribution in [0.25, 0.3) is 5.57 Å². The van der Waals surface area contributed by atoms with Crippen molar-refractivity contribution < 1.29 is 4.74 Å². The normalized spacial score (nSPS) is 12.7. The first-order chi connectivity index (χ1) is 10.7. The van der Waals surface area contributed by atoms with Gasteiger partial charge in [0.2, 0.25) is 0 Å². The van der Waals surface area contributed by atoms with Crippen LogP contribution in [-0.4, -0.2) is 32.1 Å². The lowest BCUT2D eigenvalue weighted by Crippen LogP contribution is -2.12. The van der Waals surface area contributed by atoms with Crippen LogP contribution in [0.5, 0.6) is 5.75 Å². The molecule has 0 radical (unpaired) electrons. The number of allylic oxidation sites excluding steroid dienone is 5. The van der Waals surface area contributed by atoms with Gasteiger partial charge in [0.05, 0.1) is 6.61 Å². The van der Waals surface area contributed by atoms with E-state index in [9.17, 15) is 0 Å². The van der Waals surface area contributed by atoms with Crippen molar-refractivity contribution >= 4 is 5.57 Å². The second-order valence-electron chi connectivity index (χ2n) is 5.41. The zero-order valence-electron chi connectivity index (χ0n) is 14.4. The molecule has 22 heavy (non-hydrogen) atoms. The van der Waals surface area contributed by atoms with Gasteiger partial charge in [-0.15, -0.1) is 0 Å². The van der Waals surface area contributed by atoms with Crippen LogP contribution in [0.3, 0.4) is 0 Å².